The molecule has 2 atom stereocenters. The van der Waals surface area contributed by atoms with Gasteiger partial charge < -0.3 is 5.11 Å². The summed E-state index contributed by atoms with van der Waals surface area (Å²) >= 11 is 0. The first-order valence-corrected chi connectivity index (χ1v) is 9.80. The molecule has 0 spiro atoms. The third kappa shape index (κ3) is 3.31. The lowest BCUT2D eigenvalue weighted by atomic mass is 9.79. The van der Waals surface area contributed by atoms with E-state index < -0.39 is 5.60 Å². The second-order valence-corrected chi connectivity index (χ2v) is 7.95. The van der Waals surface area contributed by atoms with Crippen molar-refractivity contribution >= 4 is 0 Å². The van der Waals surface area contributed by atoms with Gasteiger partial charge in [0.15, 0.2) is 0 Å². The minimum Gasteiger partial charge on any atom is -0.383 e. The van der Waals surface area contributed by atoms with Crippen LogP contribution in [0.5, 0.6) is 0 Å². The smallest absolute Gasteiger partial charge is 0.108 e. The monoisotopic (exact) mass is 354 g/mol. The van der Waals surface area contributed by atoms with E-state index >= 15 is 0 Å². The van der Waals surface area contributed by atoms with Gasteiger partial charge in [-0.25, -0.2) is 0 Å². The van der Waals surface area contributed by atoms with Crippen molar-refractivity contribution in [1.82, 2.24) is 19.6 Å². The van der Waals surface area contributed by atoms with Gasteiger partial charge in [-0.15, -0.1) is 0 Å². The Labute approximate surface area is 156 Å². The SMILES string of the molecule is Cc1nn(C)cc1CN1CC[C@@](O)(c2ccccc2)[C@H](N2CCCC2)C1. The van der Waals surface area contributed by atoms with Crippen LogP contribution in [0.2, 0.25) is 0 Å². The number of rotatable bonds is 4. The first-order valence-electron chi connectivity index (χ1n) is 9.80. The van der Waals surface area contributed by atoms with Crippen LogP contribution in [0.1, 0.15) is 36.1 Å². The largest absolute Gasteiger partial charge is 0.383 e. The number of benzene rings is 1. The Morgan fingerprint density at radius 2 is 1.88 bits per heavy atom. The maximum absolute atomic E-state index is 11.7. The highest BCUT2D eigenvalue weighted by molar-refractivity contribution is 5.26. The minimum atomic E-state index is -0.758. The summed E-state index contributed by atoms with van der Waals surface area (Å²) in [6.45, 7) is 7.00. The zero-order valence-electron chi connectivity index (χ0n) is 15.9. The number of nitrogens with zero attached hydrogens (tertiary/aromatic N) is 4. The van der Waals surface area contributed by atoms with Crippen LogP contribution in [0.3, 0.4) is 0 Å². The number of hydrogen-bond donors (Lipinski definition) is 1. The fraction of sp³-hybridized carbons (Fsp3) is 0.571. The van der Waals surface area contributed by atoms with E-state index in [1.54, 1.807) is 0 Å². The quantitative estimate of drug-likeness (QED) is 0.915. The molecule has 0 radical (unpaired) electrons. The average Bonchev–Trinajstić information content (AvgIpc) is 3.27. The van der Waals surface area contributed by atoms with Crippen LogP contribution in [-0.4, -0.2) is 56.9 Å². The van der Waals surface area contributed by atoms with Crippen molar-refractivity contribution in [2.75, 3.05) is 26.2 Å². The molecule has 2 aliphatic rings. The molecule has 1 aromatic carbocycles. The van der Waals surface area contributed by atoms with Gasteiger partial charge in [-0.2, -0.15) is 5.10 Å². The Morgan fingerprint density at radius 3 is 2.54 bits per heavy atom. The topological polar surface area (TPSA) is 44.5 Å². The van der Waals surface area contributed by atoms with Crippen molar-refractivity contribution in [3.8, 4) is 0 Å². The first kappa shape index (κ1) is 17.7. The summed E-state index contributed by atoms with van der Waals surface area (Å²) in [4.78, 5) is 5.00. The lowest BCUT2D eigenvalue weighted by Gasteiger charge is -2.48. The zero-order chi connectivity index (χ0) is 18.1. The van der Waals surface area contributed by atoms with Crippen molar-refractivity contribution in [3.05, 3.63) is 53.3 Å². The second-order valence-electron chi connectivity index (χ2n) is 7.95. The molecule has 2 fully saturated rings. The predicted octanol–water partition coefficient (Wildman–Crippen LogP) is 2.29. The highest BCUT2D eigenvalue weighted by Gasteiger charge is 2.46. The molecule has 5 heteroatoms. The van der Waals surface area contributed by atoms with E-state index in [0.29, 0.717) is 0 Å². The third-order valence-electron chi connectivity index (χ3n) is 6.16. The number of aliphatic hydroxyl groups is 1. The maximum Gasteiger partial charge on any atom is 0.108 e. The summed E-state index contributed by atoms with van der Waals surface area (Å²) in [6.07, 6.45) is 5.38. The zero-order valence-corrected chi connectivity index (χ0v) is 15.9. The van der Waals surface area contributed by atoms with Crippen LogP contribution in [0.15, 0.2) is 36.5 Å². The summed E-state index contributed by atoms with van der Waals surface area (Å²) < 4.78 is 1.90. The minimum absolute atomic E-state index is 0.151. The van der Waals surface area contributed by atoms with Crippen molar-refractivity contribution in [2.45, 2.75) is 44.4 Å². The number of hydrogen-bond acceptors (Lipinski definition) is 4. The molecule has 0 bridgehead atoms. The molecule has 0 unspecified atom stereocenters. The molecule has 4 rings (SSSR count). The van der Waals surface area contributed by atoms with Gasteiger partial charge in [-0.3, -0.25) is 14.5 Å². The number of aromatic nitrogens is 2. The lowest BCUT2D eigenvalue weighted by molar-refractivity contribution is -0.0959. The predicted molar refractivity (Wildman–Crippen MR) is 103 cm³/mol. The van der Waals surface area contributed by atoms with E-state index in [1.165, 1.54) is 18.4 Å². The highest BCUT2D eigenvalue weighted by Crippen LogP contribution is 2.37. The summed E-state index contributed by atoms with van der Waals surface area (Å²) in [7, 11) is 1.98. The van der Waals surface area contributed by atoms with E-state index in [9.17, 15) is 5.11 Å². The summed E-state index contributed by atoms with van der Waals surface area (Å²) in [5.74, 6) is 0. The number of likely N-dealkylation sites (tertiary alicyclic amines) is 2. The molecule has 2 aromatic rings. The normalized spacial score (nSPS) is 27.9. The lowest BCUT2D eigenvalue weighted by Crippen LogP contribution is -2.60. The third-order valence-corrected chi connectivity index (χ3v) is 6.16. The Balaban J connectivity index is 1.57. The Kier molecular flexibility index (Phi) is 4.86. The molecule has 5 nitrogen and oxygen atoms in total. The Bertz CT molecular complexity index is 738. The van der Waals surface area contributed by atoms with Crippen LogP contribution in [0, 0.1) is 6.92 Å². The molecule has 2 saturated heterocycles. The molecule has 26 heavy (non-hydrogen) atoms. The Morgan fingerprint density at radius 1 is 1.15 bits per heavy atom. The van der Waals surface area contributed by atoms with E-state index in [2.05, 4.69) is 40.2 Å². The second kappa shape index (κ2) is 7.14. The molecular formula is C21H30N4O. The van der Waals surface area contributed by atoms with Crippen molar-refractivity contribution in [1.29, 1.82) is 0 Å². The van der Waals surface area contributed by atoms with Crippen LogP contribution in [0.25, 0.3) is 0 Å². The fourth-order valence-electron chi connectivity index (χ4n) is 4.70. The summed E-state index contributed by atoms with van der Waals surface area (Å²) in [6, 6.07) is 10.4. The summed E-state index contributed by atoms with van der Waals surface area (Å²) in [5.41, 5.74) is 2.70. The highest BCUT2D eigenvalue weighted by atomic mass is 16.3. The van der Waals surface area contributed by atoms with Crippen LogP contribution >= 0.6 is 0 Å². The van der Waals surface area contributed by atoms with E-state index in [4.69, 9.17) is 0 Å². The van der Waals surface area contributed by atoms with Gasteiger partial charge >= 0.3 is 0 Å². The molecule has 0 aliphatic carbocycles. The molecule has 140 valence electrons. The van der Waals surface area contributed by atoms with Gasteiger partial charge in [-0.05, 0) is 44.8 Å². The first-order chi connectivity index (χ1) is 12.6. The van der Waals surface area contributed by atoms with Gasteiger partial charge in [-0.1, -0.05) is 30.3 Å². The van der Waals surface area contributed by atoms with Crippen LogP contribution in [0.4, 0.5) is 0 Å². The molecule has 2 aliphatic heterocycles. The molecule has 0 saturated carbocycles. The summed E-state index contributed by atoms with van der Waals surface area (Å²) in [5, 5.41) is 16.2. The standard InChI is InChI=1S/C21H30N4O/c1-17-18(14-23(2)22-17)15-24-13-10-21(26,19-8-4-3-5-9-19)20(16-24)25-11-6-7-12-25/h3-5,8-9,14,20,26H,6-7,10-13,15-16H2,1-2H3/t20-,21-/m1/s1. The molecular weight excluding hydrogens is 324 g/mol. The van der Waals surface area contributed by atoms with E-state index in [-0.39, 0.29) is 6.04 Å². The van der Waals surface area contributed by atoms with Gasteiger partial charge in [0, 0.05) is 38.4 Å². The van der Waals surface area contributed by atoms with Gasteiger partial charge in [0.2, 0.25) is 0 Å². The van der Waals surface area contributed by atoms with Crippen molar-refractivity contribution < 1.29 is 5.11 Å². The Hall–Kier alpha value is -1.69. The van der Waals surface area contributed by atoms with Crippen molar-refractivity contribution in [3.63, 3.8) is 0 Å². The van der Waals surface area contributed by atoms with Gasteiger partial charge in [0.1, 0.15) is 5.60 Å². The van der Waals surface area contributed by atoms with Crippen LogP contribution in [-0.2, 0) is 19.2 Å². The van der Waals surface area contributed by atoms with Crippen molar-refractivity contribution in [2.24, 2.45) is 7.05 Å². The maximum atomic E-state index is 11.7. The molecule has 0 amide bonds. The molecule has 1 aromatic heterocycles. The number of aryl methyl sites for hydroxylation is 2. The molecule has 3 heterocycles. The molecule has 1 N–H and O–H groups in total. The van der Waals surface area contributed by atoms with Gasteiger partial charge in [0.05, 0.1) is 11.7 Å². The van der Waals surface area contributed by atoms with Crippen LogP contribution < -0.4 is 0 Å². The van der Waals surface area contributed by atoms with E-state index in [0.717, 1.165) is 50.4 Å². The number of piperidine rings is 1. The van der Waals surface area contributed by atoms with E-state index in [1.807, 2.05) is 29.9 Å². The van der Waals surface area contributed by atoms with Gasteiger partial charge in [0.25, 0.3) is 0 Å². The fourth-order valence-corrected chi connectivity index (χ4v) is 4.70. The average molecular weight is 354 g/mol.